The first-order chi connectivity index (χ1) is 16.6. The number of carbonyl (C=O) groups is 1. The SMILES string of the molecule is COc1cccc([C@@H]2Nc3ccccc3NC3=C2C(=O)C[C@@H](c2ccc(OC)c(OC)c2)C3)c1. The molecule has 174 valence electrons. The fourth-order valence-corrected chi connectivity index (χ4v) is 4.91. The molecule has 0 aromatic heterocycles. The topological polar surface area (TPSA) is 68.8 Å². The van der Waals surface area contributed by atoms with E-state index in [0.717, 1.165) is 39.5 Å². The lowest BCUT2D eigenvalue weighted by Crippen LogP contribution is -2.26. The molecule has 2 atom stereocenters. The van der Waals surface area contributed by atoms with Crippen LogP contribution in [0.3, 0.4) is 0 Å². The Labute approximate surface area is 199 Å². The van der Waals surface area contributed by atoms with Crippen LogP contribution in [0, 0.1) is 0 Å². The van der Waals surface area contributed by atoms with Crippen molar-refractivity contribution in [2.75, 3.05) is 32.0 Å². The number of allylic oxidation sites excluding steroid dienone is 1. The summed E-state index contributed by atoms with van der Waals surface area (Å²) in [7, 11) is 4.90. The minimum Gasteiger partial charge on any atom is -0.497 e. The molecular weight excluding hydrogens is 428 g/mol. The summed E-state index contributed by atoms with van der Waals surface area (Å²) in [5, 5.41) is 7.19. The van der Waals surface area contributed by atoms with Crippen LogP contribution in [-0.2, 0) is 4.79 Å². The van der Waals surface area contributed by atoms with Gasteiger partial charge in [0, 0.05) is 17.7 Å². The third-order valence-electron chi connectivity index (χ3n) is 6.62. The molecule has 34 heavy (non-hydrogen) atoms. The molecule has 2 aliphatic rings. The number of benzene rings is 3. The standard InChI is InChI=1S/C28H28N2O4/c1-32-20-8-6-7-18(13-20)28-27-23(29-21-9-4-5-10-22(21)30-28)14-19(15-24(27)31)17-11-12-25(33-2)26(16-17)34-3/h4-13,16,19,28-30H,14-15H2,1-3H3/t19-,28-/m0/s1. The maximum absolute atomic E-state index is 13.7. The van der Waals surface area contributed by atoms with E-state index in [1.54, 1.807) is 21.3 Å². The molecular formula is C28H28N2O4. The Hall–Kier alpha value is -3.93. The van der Waals surface area contributed by atoms with Crippen molar-refractivity contribution in [2.24, 2.45) is 0 Å². The molecule has 3 aromatic rings. The molecule has 0 unspecified atom stereocenters. The number of ketones is 1. The second-order valence-electron chi connectivity index (χ2n) is 8.56. The summed E-state index contributed by atoms with van der Waals surface area (Å²) < 4.78 is 16.4. The van der Waals surface area contributed by atoms with Crippen molar-refractivity contribution >= 4 is 17.2 Å². The van der Waals surface area contributed by atoms with E-state index in [2.05, 4.69) is 10.6 Å². The van der Waals surface area contributed by atoms with Crippen LogP contribution in [0.5, 0.6) is 17.2 Å². The van der Waals surface area contributed by atoms with Gasteiger partial charge in [0.15, 0.2) is 17.3 Å². The summed E-state index contributed by atoms with van der Waals surface area (Å²) in [6.07, 6.45) is 1.14. The zero-order valence-corrected chi connectivity index (χ0v) is 19.6. The van der Waals surface area contributed by atoms with Gasteiger partial charge in [0.05, 0.1) is 38.7 Å². The number of Topliss-reactive ketones (excluding diaryl/α,β-unsaturated/α-hetero) is 1. The van der Waals surface area contributed by atoms with Crippen LogP contribution in [0.2, 0.25) is 0 Å². The Morgan fingerprint density at radius 1 is 0.765 bits per heavy atom. The lowest BCUT2D eigenvalue weighted by atomic mass is 9.78. The van der Waals surface area contributed by atoms with Crippen molar-refractivity contribution in [3.8, 4) is 17.2 Å². The Balaban J connectivity index is 1.58. The van der Waals surface area contributed by atoms with Gasteiger partial charge >= 0.3 is 0 Å². The molecule has 0 saturated carbocycles. The molecule has 1 aliphatic heterocycles. The van der Waals surface area contributed by atoms with Crippen LogP contribution in [0.4, 0.5) is 11.4 Å². The van der Waals surface area contributed by atoms with Crippen LogP contribution in [0.25, 0.3) is 0 Å². The molecule has 0 fully saturated rings. The first-order valence-electron chi connectivity index (χ1n) is 11.4. The highest BCUT2D eigenvalue weighted by atomic mass is 16.5. The van der Waals surface area contributed by atoms with Gasteiger partial charge in [-0.05, 0) is 59.9 Å². The van der Waals surface area contributed by atoms with Gasteiger partial charge in [0.2, 0.25) is 0 Å². The van der Waals surface area contributed by atoms with E-state index in [-0.39, 0.29) is 17.7 Å². The van der Waals surface area contributed by atoms with E-state index >= 15 is 0 Å². The van der Waals surface area contributed by atoms with Crippen LogP contribution in [0.15, 0.2) is 78.0 Å². The van der Waals surface area contributed by atoms with E-state index in [9.17, 15) is 4.79 Å². The largest absolute Gasteiger partial charge is 0.497 e. The number of hydrogen-bond acceptors (Lipinski definition) is 6. The van der Waals surface area contributed by atoms with Gasteiger partial charge in [0.1, 0.15) is 5.75 Å². The van der Waals surface area contributed by atoms with Crippen molar-refractivity contribution < 1.29 is 19.0 Å². The highest BCUT2D eigenvalue weighted by Crippen LogP contribution is 2.45. The van der Waals surface area contributed by atoms with E-state index in [4.69, 9.17) is 14.2 Å². The first kappa shape index (κ1) is 21.9. The number of hydrogen-bond donors (Lipinski definition) is 2. The molecule has 5 rings (SSSR count). The maximum Gasteiger partial charge on any atom is 0.163 e. The quantitative estimate of drug-likeness (QED) is 0.514. The molecule has 0 bridgehead atoms. The number of carbonyl (C=O) groups excluding carboxylic acids is 1. The zero-order valence-electron chi connectivity index (χ0n) is 19.6. The summed E-state index contributed by atoms with van der Waals surface area (Å²) in [4.78, 5) is 13.7. The lowest BCUT2D eigenvalue weighted by molar-refractivity contribution is -0.116. The smallest absolute Gasteiger partial charge is 0.163 e. The van der Waals surface area contributed by atoms with Crippen molar-refractivity contribution in [2.45, 2.75) is 24.8 Å². The predicted octanol–water partition coefficient (Wildman–Crippen LogP) is 5.69. The third-order valence-corrected chi connectivity index (χ3v) is 6.62. The molecule has 0 radical (unpaired) electrons. The molecule has 0 amide bonds. The molecule has 0 spiro atoms. The zero-order chi connectivity index (χ0) is 23.7. The second kappa shape index (κ2) is 9.14. The average molecular weight is 457 g/mol. The van der Waals surface area contributed by atoms with Gasteiger partial charge in [-0.2, -0.15) is 0 Å². The Morgan fingerprint density at radius 3 is 2.32 bits per heavy atom. The normalized spacial score (nSPS) is 19.2. The number of methoxy groups -OCH3 is 3. The molecule has 6 heteroatoms. The van der Waals surface area contributed by atoms with Crippen molar-refractivity contribution in [3.63, 3.8) is 0 Å². The van der Waals surface area contributed by atoms with E-state index in [1.165, 1.54) is 0 Å². The van der Waals surface area contributed by atoms with Crippen LogP contribution in [0.1, 0.15) is 35.9 Å². The van der Waals surface area contributed by atoms with E-state index < -0.39 is 0 Å². The number of rotatable bonds is 5. The van der Waals surface area contributed by atoms with Gasteiger partial charge in [-0.1, -0.05) is 30.3 Å². The van der Waals surface area contributed by atoms with Gasteiger partial charge in [-0.15, -0.1) is 0 Å². The van der Waals surface area contributed by atoms with Crippen LogP contribution < -0.4 is 24.8 Å². The maximum atomic E-state index is 13.7. The highest BCUT2D eigenvalue weighted by Gasteiger charge is 2.36. The summed E-state index contributed by atoms with van der Waals surface area (Å²) in [6.45, 7) is 0. The number of anilines is 2. The van der Waals surface area contributed by atoms with E-state index in [1.807, 2.05) is 66.7 Å². The fourth-order valence-electron chi connectivity index (χ4n) is 4.91. The Kier molecular flexibility index (Phi) is 5.88. The number of nitrogens with one attached hydrogen (secondary N) is 2. The second-order valence-corrected chi connectivity index (χ2v) is 8.56. The summed E-state index contributed by atoms with van der Waals surface area (Å²) >= 11 is 0. The van der Waals surface area contributed by atoms with E-state index in [0.29, 0.717) is 24.3 Å². The number of ether oxygens (including phenoxy) is 3. The molecule has 1 heterocycles. The monoisotopic (exact) mass is 456 g/mol. The van der Waals surface area contributed by atoms with Crippen LogP contribution in [-0.4, -0.2) is 27.1 Å². The van der Waals surface area contributed by atoms with Crippen LogP contribution >= 0.6 is 0 Å². The average Bonchev–Trinajstić information content (AvgIpc) is 3.05. The first-order valence-corrected chi connectivity index (χ1v) is 11.4. The molecule has 1 aliphatic carbocycles. The third kappa shape index (κ3) is 3.96. The van der Waals surface area contributed by atoms with Crippen molar-refractivity contribution in [1.29, 1.82) is 0 Å². The fraction of sp³-hybridized carbons (Fsp3) is 0.250. The molecule has 2 N–H and O–H groups in total. The summed E-state index contributed by atoms with van der Waals surface area (Å²) in [5.74, 6) is 2.27. The molecule has 3 aromatic carbocycles. The van der Waals surface area contributed by atoms with Gasteiger partial charge in [0.25, 0.3) is 0 Å². The Bertz CT molecular complexity index is 1270. The summed E-state index contributed by atoms with van der Waals surface area (Å²) in [6, 6.07) is 21.6. The Morgan fingerprint density at radius 2 is 1.56 bits per heavy atom. The predicted molar refractivity (Wildman–Crippen MR) is 133 cm³/mol. The molecule has 0 saturated heterocycles. The van der Waals surface area contributed by atoms with Gasteiger partial charge in [-0.25, -0.2) is 0 Å². The minimum atomic E-state index is -0.278. The highest BCUT2D eigenvalue weighted by molar-refractivity contribution is 6.01. The number of para-hydroxylation sites is 2. The minimum absolute atomic E-state index is 0.0368. The van der Waals surface area contributed by atoms with Gasteiger partial charge < -0.3 is 24.8 Å². The molecule has 6 nitrogen and oxygen atoms in total. The summed E-state index contributed by atoms with van der Waals surface area (Å²) in [5.41, 5.74) is 5.69. The van der Waals surface area contributed by atoms with Crippen molar-refractivity contribution in [3.05, 3.63) is 89.1 Å². The van der Waals surface area contributed by atoms with Gasteiger partial charge in [-0.3, -0.25) is 4.79 Å². The lowest BCUT2D eigenvalue weighted by Gasteiger charge is -2.30. The number of fused-ring (bicyclic) bond motifs is 1. The van der Waals surface area contributed by atoms with Crippen molar-refractivity contribution in [1.82, 2.24) is 0 Å².